The van der Waals surface area contributed by atoms with Gasteiger partial charge in [-0.25, -0.2) is 0 Å². The Morgan fingerprint density at radius 1 is 1.14 bits per heavy atom. The average molecular weight is 353 g/mol. The minimum Gasteiger partial charge on any atom is -0.497 e. The number of aliphatic hydroxyl groups is 2. The van der Waals surface area contributed by atoms with Crippen molar-refractivity contribution < 1.29 is 38.7 Å². The van der Waals surface area contributed by atoms with Crippen LogP contribution < -0.4 is 9.47 Å². The normalized spacial score (nSPS) is 28.6. The van der Waals surface area contributed by atoms with E-state index in [4.69, 9.17) is 28.5 Å². The first-order chi connectivity index (χ1) is 10.3. The molecule has 4 N–H and O–H groups in total. The molecule has 5 atom stereocenters. The lowest BCUT2D eigenvalue weighted by atomic mass is 10.1. The number of hydrogen-bond donors (Lipinski definition) is 4. The molecule has 0 spiro atoms. The van der Waals surface area contributed by atoms with Crippen LogP contribution in [0.4, 0.5) is 0 Å². The summed E-state index contributed by atoms with van der Waals surface area (Å²) >= 11 is 0. The van der Waals surface area contributed by atoms with Crippen molar-refractivity contribution in [1.29, 1.82) is 0 Å². The monoisotopic (exact) mass is 353 g/mol. The van der Waals surface area contributed by atoms with Gasteiger partial charge in [0.25, 0.3) is 0 Å². The van der Waals surface area contributed by atoms with Crippen LogP contribution in [0.2, 0.25) is 0 Å². The van der Waals surface area contributed by atoms with Gasteiger partial charge in [-0.05, 0) is 24.3 Å². The van der Waals surface area contributed by atoms with Crippen molar-refractivity contribution in [3.05, 3.63) is 24.3 Å². The van der Waals surface area contributed by atoms with Crippen molar-refractivity contribution in [3.8, 4) is 11.5 Å². The molecule has 0 amide bonds. The molecule has 0 bridgehead atoms. The van der Waals surface area contributed by atoms with Crippen molar-refractivity contribution in [1.82, 2.24) is 0 Å². The maximum absolute atomic E-state index is 9.92. The Bertz CT molecular complexity index is 477. The summed E-state index contributed by atoms with van der Waals surface area (Å²) in [7, 11) is -0.213. The quantitative estimate of drug-likeness (QED) is 0.531. The molecule has 8 nitrogen and oxygen atoms in total. The van der Waals surface area contributed by atoms with Gasteiger partial charge in [-0.3, -0.25) is 0 Å². The van der Waals surface area contributed by atoms with Crippen LogP contribution >= 0.6 is 16.6 Å². The van der Waals surface area contributed by atoms with Gasteiger partial charge in [-0.2, -0.15) is 14.3 Å². The Labute approximate surface area is 130 Å². The van der Waals surface area contributed by atoms with Crippen LogP contribution in [0, 0.1) is 0 Å². The maximum atomic E-state index is 9.92. The van der Waals surface area contributed by atoms with Gasteiger partial charge in [0.05, 0.1) is 7.11 Å². The zero-order chi connectivity index (χ0) is 16.3. The third-order valence-corrected chi connectivity index (χ3v) is 4.04. The second-order valence-corrected chi connectivity index (χ2v) is 8.16. The first kappa shape index (κ1) is 17.8. The van der Waals surface area contributed by atoms with Crippen molar-refractivity contribution >= 4 is 16.6 Å². The Balaban J connectivity index is 1.94. The van der Waals surface area contributed by atoms with Crippen LogP contribution in [0.5, 0.6) is 11.5 Å². The summed E-state index contributed by atoms with van der Waals surface area (Å²) in [6.45, 7) is -0.287. The van der Waals surface area contributed by atoms with Gasteiger partial charge in [0, 0.05) is 0 Å². The molecule has 124 valence electrons. The van der Waals surface area contributed by atoms with Gasteiger partial charge in [-0.15, -0.1) is 0 Å². The minimum atomic E-state index is -3.52. The molecule has 1 heterocycles. The van der Waals surface area contributed by atoms with Crippen LogP contribution in [0.3, 0.4) is 0 Å². The van der Waals surface area contributed by atoms with E-state index in [-0.39, 0.29) is 6.61 Å². The van der Waals surface area contributed by atoms with Crippen LogP contribution in [-0.4, -0.2) is 58.3 Å². The molecule has 22 heavy (non-hydrogen) atoms. The number of benzene rings is 1. The Morgan fingerprint density at radius 2 is 1.73 bits per heavy atom. The summed E-state index contributed by atoms with van der Waals surface area (Å²) in [6.07, 6.45) is -4.57. The van der Waals surface area contributed by atoms with Gasteiger partial charge in [0.2, 0.25) is 6.29 Å². The van der Waals surface area contributed by atoms with Gasteiger partial charge < -0.3 is 24.4 Å². The Hall–Kier alpha value is -0.560. The zero-order valence-electron chi connectivity index (χ0n) is 11.8. The van der Waals surface area contributed by atoms with Crippen molar-refractivity contribution in [2.24, 2.45) is 0 Å². The standard InChI is InChI=1S/C12H19O8P2/c1-17-7-2-4-8(5-3-7)19-12-11(14)10(13)9(20-12)6-18-22(15,16)21/h2-5,9-16H,6,21H2,1H3/q+1/t9-,10-,11-,12-/m1/s1. The van der Waals surface area contributed by atoms with E-state index in [1.54, 1.807) is 33.2 Å². The lowest BCUT2D eigenvalue weighted by Crippen LogP contribution is -2.35. The number of rotatable bonds is 6. The van der Waals surface area contributed by atoms with E-state index in [2.05, 4.69) is 0 Å². The van der Waals surface area contributed by atoms with Crippen LogP contribution in [0.15, 0.2) is 24.3 Å². The molecular formula is C12H19O8P2+. The van der Waals surface area contributed by atoms with Crippen LogP contribution in [0.25, 0.3) is 0 Å². The molecule has 0 saturated carbocycles. The SMILES string of the molecule is COc1ccc(O[C@@H]2O[C@H](CO[P+](O)(O)P)[C@@H](O)[C@H]2O)cc1. The molecule has 0 radical (unpaired) electrons. The molecule has 10 heteroatoms. The van der Waals surface area contributed by atoms with Gasteiger partial charge in [0.1, 0.15) is 45.3 Å². The molecule has 0 aliphatic carbocycles. The minimum absolute atomic E-state index is 0.287. The third kappa shape index (κ3) is 4.72. The predicted molar refractivity (Wildman–Crippen MR) is 81.3 cm³/mol. The highest BCUT2D eigenvalue weighted by atomic mass is 32.1. The van der Waals surface area contributed by atoms with E-state index in [1.807, 2.05) is 0 Å². The summed E-state index contributed by atoms with van der Waals surface area (Å²) in [5.74, 6) is 1.08. The molecule has 1 aliphatic rings. The molecule has 2 rings (SSSR count). The maximum Gasteiger partial charge on any atom is 0.416 e. The summed E-state index contributed by atoms with van der Waals surface area (Å²) in [6, 6.07) is 6.62. The largest absolute Gasteiger partial charge is 0.497 e. The summed E-state index contributed by atoms with van der Waals surface area (Å²) in [5.41, 5.74) is 0. The van der Waals surface area contributed by atoms with Crippen LogP contribution in [0.1, 0.15) is 0 Å². The Kier molecular flexibility index (Phi) is 5.94. The highest BCUT2D eigenvalue weighted by Crippen LogP contribution is 2.59. The molecule has 0 aromatic heterocycles. The summed E-state index contributed by atoms with van der Waals surface area (Å²) in [4.78, 5) is 18.3. The number of hydrogen-bond acceptors (Lipinski definition) is 8. The fourth-order valence-corrected chi connectivity index (χ4v) is 2.55. The highest BCUT2D eigenvalue weighted by molar-refractivity contribution is 8.15. The second-order valence-electron chi connectivity index (χ2n) is 4.70. The van der Waals surface area contributed by atoms with Gasteiger partial charge in [0.15, 0.2) is 0 Å². The van der Waals surface area contributed by atoms with E-state index >= 15 is 0 Å². The van der Waals surface area contributed by atoms with E-state index in [0.29, 0.717) is 11.5 Å². The van der Waals surface area contributed by atoms with E-state index in [1.165, 1.54) is 7.11 Å². The van der Waals surface area contributed by atoms with Crippen molar-refractivity contribution in [2.45, 2.75) is 24.6 Å². The van der Waals surface area contributed by atoms with Crippen molar-refractivity contribution in [3.63, 3.8) is 0 Å². The smallest absolute Gasteiger partial charge is 0.416 e. The Morgan fingerprint density at radius 3 is 2.27 bits per heavy atom. The van der Waals surface area contributed by atoms with Gasteiger partial charge in [-0.1, -0.05) is 0 Å². The van der Waals surface area contributed by atoms with Crippen molar-refractivity contribution in [2.75, 3.05) is 13.7 Å². The highest BCUT2D eigenvalue weighted by Gasteiger charge is 2.46. The van der Waals surface area contributed by atoms with Crippen LogP contribution in [-0.2, 0) is 9.26 Å². The summed E-state index contributed by atoms with van der Waals surface area (Å²) in [5, 5.41) is 19.8. The molecule has 1 saturated heterocycles. The van der Waals surface area contributed by atoms with E-state index in [0.717, 1.165) is 0 Å². The number of ether oxygens (including phenoxy) is 3. The topological polar surface area (TPSA) is 118 Å². The zero-order valence-corrected chi connectivity index (χ0v) is 13.8. The van der Waals surface area contributed by atoms with Gasteiger partial charge >= 0.3 is 7.63 Å². The lowest BCUT2D eigenvalue weighted by Gasteiger charge is -2.17. The number of methoxy groups -OCH3 is 1. The number of aliphatic hydroxyl groups excluding tert-OH is 2. The fraction of sp³-hybridized carbons (Fsp3) is 0.500. The second kappa shape index (κ2) is 7.34. The fourth-order valence-electron chi connectivity index (χ4n) is 1.92. The van der Waals surface area contributed by atoms with E-state index < -0.39 is 32.2 Å². The molecule has 1 aromatic carbocycles. The average Bonchev–Trinajstić information content (AvgIpc) is 2.73. The molecule has 1 fully saturated rings. The first-order valence-corrected chi connectivity index (χ1v) is 9.63. The first-order valence-electron chi connectivity index (χ1n) is 6.40. The third-order valence-electron chi connectivity index (χ3n) is 3.06. The lowest BCUT2D eigenvalue weighted by molar-refractivity contribution is -0.115. The molecular weight excluding hydrogens is 334 g/mol. The summed E-state index contributed by atoms with van der Waals surface area (Å²) < 4.78 is 20.6. The van der Waals surface area contributed by atoms with E-state index in [9.17, 15) is 10.2 Å². The predicted octanol–water partition coefficient (Wildman–Crippen LogP) is 0.0746. The molecule has 1 unspecified atom stereocenters. The molecule has 1 aliphatic heterocycles. The molecule has 1 aromatic rings.